The maximum Gasteiger partial charge on any atom is 0.258 e. The number of nitrogens with one attached hydrogen (secondary N) is 1. The van der Waals surface area contributed by atoms with Crippen molar-refractivity contribution in [3.05, 3.63) is 59.1 Å². The van der Waals surface area contributed by atoms with Crippen molar-refractivity contribution >= 4 is 33.7 Å². The molecule has 0 aromatic heterocycles. The molecule has 0 aliphatic carbocycles. The van der Waals surface area contributed by atoms with Crippen LogP contribution in [0, 0.1) is 11.3 Å². The Balaban J connectivity index is 1.64. The average Bonchev–Trinajstić information content (AvgIpc) is 3.24. The van der Waals surface area contributed by atoms with E-state index < -0.39 is 22.0 Å². The van der Waals surface area contributed by atoms with Crippen LogP contribution in [0.5, 0.6) is 5.75 Å². The van der Waals surface area contributed by atoms with Crippen LogP contribution in [0.4, 0.5) is 0 Å². The smallest absolute Gasteiger partial charge is 0.258 e. The molecule has 156 valence electrons. The lowest BCUT2D eigenvalue weighted by Gasteiger charge is -2.22. The second-order valence-corrected chi connectivity index (χ2v) is 8.80. The number of amides is 1. The van der Waals surface area contributed by atoms with Crippen LogP contribution in [-0.2, 0) is 14.8 Å². The predicted octanol–water partition coefficient (Wildman–Crippen LogP) is 2.55. The van der Waals surface area contributed by atoms with Crippen molar-refractivity contribution in [2.45, 2.75) is 23.8 Å². The number of carbonyl (C=O) groups is 1. The van der Waals surface area contributed by atoms with Gasteiger partial charge in [0.15, 0.2) is 6.61 Å². The first-order valence-electron chi connectivity index (χ1n) is 9.12. The predicted molar refractivity (Wildman–Crippen MR) is 112 cm³/mol. The molecule has 1 N–H and O–H groups in total. The van der Waals surface area contributed by atoms with Gasteiger partial charge in [0.2, 0.25) is 10.0 Å². The number of hydrogen-bond donors (Lipinski definition) is 1. The van der Waals surface area contributed by atoms with Gasteiger partial charge in [-0.2, -0.15) is 14.7 Å². The number of halogens is 1. The fraction of sp³-hybridized carbons (Fsp3) is 0.250. The molecule has 2 aromatic carbocycles. The lowest BCUT2D eigenvalue weighted by molar-refractivity contribution is -0.124. The number of benzene rings is 2. The molecule has 8 nitrogen and oxygen atoms in total. The maximum atomic E-state index is 12.9. The van der Waals surface area contributed by atoms with Crippen molar-refractivity contribution in [3.63, 3.8) is 0 Å². The first kappa shape index (κ1) is 21.8. The van der Waals surface area contributed by atoms with E-state index in [1.807, 2.05) is 6.07 Å². The van der Waals surface area contributed by atoms with Crippen molar-refractivity contribution in [1.82, 2.24) is 9.73 Å². The molecule has 1 heterocycles. The summed E-state index contributed by atoms with van der Waals surface area (Å²) in [5.74, 6) is 0.0574. The van der Waals surface area contributed by atoms with Gasteiger partial charge >= 0.3 is 0 Å². The fourth-order valence-corrected chi connectivity index (χ4v) is 4.82. The van der Waals surface area contributed by atoms with E-state index in [2.05, 4.69) is 10.5 Å². The molecule has 30 heavy (non-hydrogen) atoms. The third-order valence-electron chi connectivity index (χ3n) is 4.50. The highest BCUT2D eigenvalue weighted by Gasteiger charge is 2.39. The molecule has 0 spiro atoms. The second-order valence-electron chi connectivity index (χ2n) is 6.48. The lowest BCUT2D eigenvalue weighted by atomic mass is 10.2. The van der Waals surface area contributed by atoms with Gasteiger partial charge in [0.05, 0.1) is 11.1 Å². The van der Waals surface area contributed by atoms with Crippen molar-refractivity contribution in [1.29, 1.82) is 5.26 Å². The standard InChI is InChI=1S/C20H19ClN4O4S/c21-16-5-9-18(10-6-16)30(27,28)25-12-1-2-19(25)20(26)24-23-14-15-3-7-17(8-4-15)29-13-11-22/h3-10,14,19H,1-2,12-13H2,(H,24,26)/t19-/m1/s1. The van der Waals surface area contributed by atoms with Gasteiger partial charge in [-0.3, -0.25) is 4.79 Å². The number of rotatable bonds is 7. The zero-order valence-electron chi connectivity index (χ0n) is 15.9. The summed E-state index contributed by atoms with van der Waals surface area (Å²) in [6.45, 7) is 0.219. The molecule has 0 bridgehead atoms. The molecule has 0 radical (unpaired) electrons. The molecule has 1 amide bonds. The average molecular weight is 447 g/mol. The molecular formula is C20H19ClN4O4S. The first-order chi connectivity index (χ1) is 14.4. The Bertz CT molecular complexity index is 1060. The summed E-state index contributed by atoms with van der Waals surface area (Å²) in [4.78, 5) is 12.6. The van der Waals surface area contributed by atoms with Gasteiger partial charge in [-0.25, -0.2) is 13.8 Å². The van der Waals surface area contributed by atoms with E-state index in [0.717, 1.165) is 0 Å². The summed E-state index contributed by atoms with van der Waals surface area (Å²) >= 11 is 5.83. The van der Waals surface area contributed by atoms with Crippen LogP contribution < -0.4 is 10.2 Å². The molecule has 0 saturated carbocycles. The summed E-state index contributed by atoms with van der Waals surface area (Å²) in [6.07, 6.45) is 2.44. The molecule has 10 heteroatoms. The summed E-state index contributed by atoms with van der Waals surface area (Å²) in [5, 5.41) is 12.9. The van der Waals surface area contributed by atoms with E-state index in [-0.39, 0.29) is 18.0 Å². The quantitative estimate of drug-likeness (QED) is 0.518. The number of sulfonamides is 1. The Labute approximate surface area is 179 Å². The van der Waals surface area contributed by atoms with E-state index in [1.165, 1.54) is 34.8 Å². The van der Waals surface area contributed by atoms with Crippen LogP contribution in [0.25, 0.3) is 0 Å². The van der Waals surface area contributed by atoms with Crippen LogP contribution in [-0.4, -0.2) is 44.0 Å². The highest BCUT2D eigenvalue weighted by atomic mass is 35.5. The summed E-state index contributed by atoms with van der Waals surface area (Å²) in [7, 11) is -3.81. The molecule has 1 aliphatic rings. The highest BCUT2D eigenvalue weighted by molar-refractivity contribution is 7.89. The normalized spacial score (nSPS) is 17.0. The number of carbonyl (C=O) groups excluding carboxylic acids is 1. The van der Waals surface area contributed by atoms with Crippen molar-refractivity contribution < 1.29 is 17.9 Å². The van der Waals surface area contributed by atoms with Gasteiger partial charge in [-0.15, -0.1) is 0 Å². The van der Waals surface area contributed by atoms with Crippen LogP contribution in [0.15, 0.2) is 58.5 Å². The Morgan fingerprint density at radius 1 is 1.27 bits per heavy atom. The number of nitrogens with zero attached hydrogens (tertiary/aromatic N) is 3. The van der Waals surface area contributed by atoms with Crippen LogP contribution in [0.3, 0.4) is 0 Å². The highest BCUT2D eigenvalue weighted by Crippen LogP contribution is 2.27. The van der Waals surface area contributed by atoms with Crippen molar-refractivity contribution in [2.75, 3.05) is 13.2 Å². The van der Waals surface area contributed by atoms with E-state index in [1.54, 1.807) is 24.3 Å². The molecule has 3 rings (SSSR count). The van der Waals surface area contributed by atoms with Crippen molar-refractivity contribution in [3.8, 4) is 11.8 Å². The topological polar surface area (TPSA) is 112 Å². The number of hydrazone groups is 1. The molecule has 1 fully saturated rings. The largest absolute Gasteiger partial charge is 0.479 e. The van der Waals surface area contributed by atoms with E-state index in [0.29, 0.717) is 29.2 Å². The van der Waals surface area contributed by atoms with E-state index >= 15 is 0 Å². The Kier molecular flexibility index (Phi) is 7.05. The zero-order valence-corrected chi connectivity index (χ0v) is 17.4. The van der Waals surface area contributed by atoms with Gasteiger partial charge in [0.25, 0.3) is 5.91 Å². The summed E-state index contributed by atoms with van der Waals surface area (Å²) < 4.78 is 32.1. The van der Waals surface area contributed by atoms with E-state index in [4.69, 9.17) is 21.6 Å². The monoisotopic (exact) mass is 446 g/mol. The van der Waals surface area contributed by atoms with Gasteiger partial charge in [-0.05, 0) is 66.9 Å². The van der Waals surface area contributed by atoms with Gasteiger partial charge in [0.1, 0.15) is 17.9 Å². The van der Waals surface area contributed by atoms with Gasteiger partial charge in [-0.1, -0.05) is 11.6 Å². The third kappa shape index (κ3) is 5.16. The molecule has 0 unspecified atom stereocenters. The molecular weight excluding hydrogens is 428 g/mol. The molecule has 1 atom stereocenters. The number of hydrogen-bond acceptors (Lipinski definition) is 6. The van der Waals surface area contributed by atoms with Crippen molar-refractivity contribution in [2.24, 2.45) is 5.10 Å². The molecule has 2 aromatic rings. The van der Waals surface area contributed by atoms with Gasteiger partial charge < -0.3 is 4.74 Å². The number of ether oxygens (including phenoxy) is 1. The number of nitriles is 1. The minimum atomic E-state index is -3.81. The molecule has 1 aliphatic heterocycles. The van der Waals surface area contributed by atoms with Gasteiger partial charge in [0, 0.05) is 11.6 Å². The Morgan fingerprint density at radius 3 is 2.63 bits per heavy atom. The lowest BCUT2D eigenvalue weighted by Crippen LogP contribution is -2.44. The Morgan fingerprint density at radius 2 is 1.97 bits per heavy atom. The van der Waals surface area contributed by atoms with Crippen LogP contribution in [0.1, 0.15) is 18.4 Å². The third-order valence-corrected chi connectivity index (χ3v) is 6.67. The molecule has 1 saturated heterocycles. The first-order valence-corrected chi connectivity index (χ1v) is 10.9. The van der Waals surface area contributed by atoms with E-state index in [9.17, 15) is 13.2 Å². The fourth-order valence-electron chi connectivity index (χ4n) is 3.04. The van der Waals surface area contributed by atoms with Crippen LogP contribution >= 0.6 is 11.6 Å². The second kappa shape index (κ2) is 9.71. The Hall–Kier alpha value is -2.93. The minimum Gasteiger partial charge on any atom is -0.479 e. The summed E-state index contributed by atoms with van der Waals surface area (Å²) in [5.41, 5.74) is 3.12. The van der Waals surface area contributed by atoms with Crippen LogP contribution in [0.2, 0.25) is 5.02 Å². The maximum absolute atomic E-state index is 12.9. The SMILES string of the molecule is N#CCOc1ccc(C=NNC(=O)[C@H]2CCCN2S(=O)(=O)c2ccc(Cl)cc2)cc1. The summed E-state index contributed by atoms with van der Waals surface area (Å²) in [6, 6.07) is 13.7. The zero-order chi connectivity index (χ0) is 21.6. The minimum absolute atomic E-state index is 0.0414.